The van der Waals surface area contributed by atoms with Crippen molar-refractivity contribution in [3.05, 3.63) is 65.3 Å². The van der Waals surface area contributed by atoms with E-state index in [0.29, 0.717) is 28.4 Å². The number of aryl methyl sites for hydroxylation is 1. The molecule has 1 fully saturated rings. The molecule has 1 saturated carbocycles. The summed E-state index contributed by atoms with van der Waals surface area (Å²) >= 11 is 6.19. The third-order valence-electron chi connectivity index (χ3n) is 6.42. The van der Waals surface area contributed by atoms with Gasteiger partial charge in [-0.2, -0.15) is 0 Å². The molecule has 3 aromatic heterocycles. The second-order valence-electron chi connectivity index (χ2n) is 8.96. The number of nitrogens with zero attached hydrogens (tertiary/aromatic N) is 4. The average Bonchev–Trinajstić information content (AvgIpc) is 3.24. The minimum atomic E-state index is -3.96. The van der Waals surface area contributed by atoms with Crippen LogP contribution in [0, 0.1) is 18.7 Å². The molecule has 1 aliphatic rings. The lowest BCUT2D eigenvalue weighted by molar-refractivity contribution is 0.373. The number of anilines is 1. The van der Waals surface area contributed by atoms with Crippen LogP contribution >= 0.6 is 11.6 Å². The first kappa shape index (κ1) is 23.7. The van der Waals surface area contributed by atoms with E-state index in [4.69, 9.17) is 11.6 Å². The highest BCUT2D eigenvalue weighted by Crippen LogP contribution is 2.33. The first-order chi connectivity index (χ1) is 16.8. The number of fused-ring (bicyclic) bond motifs is 1. The molecule has 0 bridgehead atoms. The largest absolute Gasteiger partial charge is 0.367 e. The van der Waals surface area contributed by atoms with Crippen LogP contribution in [0.15, 0.2) is 53.8 Å². The van der Waals surface area contributed by atoms with Gasteiger partial charge < -0.3 is 5.32 Å². The summed E-state index contributed by atoms with van der Waals surface area (Å²) in [7, 11) is -3.96. The van der Waals surface area contributed by atoms with Crippen LogP contribution in [-0.2, 0) is 10.0 Å². The van der Waals surface area contributed by atoms with Crippen LogP contribution in [-0.4, -0.2) is 33.9 Å². The topological polar surface area (TPSA) is 89.8 Å². The van der Waals surface area contributed by atoms with E-state index in [2.05, 4.69) is 20.3 Å². The second kappa shape index (κ2) is 9.54. The Balaban J connectivity index is 1.57. The van der Waals surface area contributed by atoms with Gasteiger partial charge >= 0.3 is 0 Å². The lowest BCUT2D eigenvalue weighted by atomic mass is 9.89. The maximum Gasteiger partial charge on any atom is 0.269 e. The number of aromatic nitrogens is 4. The molecule has 1 aromatic carbocycles. The number of hydrogen-bond acceptors (Lipinski definition) is 6. The Morgan fingerprint density at radius 3 is 2.60 bits per heavy atom. The van der Waals surface area contributed by atoms with Crippen LogP contribution in [0.1, 0.15) is 37.7 Å². The summed E-state index contributed by atoms with van der Waals surface area (Å²) in [5, 5.41) is 3.92. The van der Waals surface area contributed by atoms with E-state index < -0.39 is 15.8 Å². The Morgan fingerprint density at radius 2 is 1.86 bits per heavy atom. The van der Waals surface area contributed by atoms with Gasteiger partial charge in [-0.1, -0.05) is 48.6 Å². The minimum absolute atomic E-state index is 0.0952. The average molecular weight is 514 g/mol. The third-order valence-corrected chi connectivity index (χ3v) is 8.30. The van der Waals surface area contributed by atoms with E-state index in [1.165, 1.54) is 31.7 Å². The van der Waals surface area contributed by atoms with E-state index in [-0.39, 0.29) is 22.2 Å². The molecule has 0 unspecified atom stereocenters. The van der Waals surface area contributed by atoms with Crippen molar-refractivity contribution in [1.29, 1.82) is 0 Å². The summed E-state index contributed by atoms with van der Waals surface area (Å²) in [4.78, 5) is 13.0. The number of benzene rings is 1. The van der Waals surface area contributed by atoms with Gasteiger partial charge in [-0.15, -0.1) is 0 Å². The molecule has 4 aromatic rings. The van der Waals surface area contributed by atoms with Crippen molar-refractivity contribution in [3.8, 4) is 11.4 Å². The van der Waals surface area contributed by atoms with Crippen molar-refractivity contribution in [2.45, 2.75) is 43.9 Å². The molecule has 3 heterocycles. The highest BCUT2D eigenvalue weighted by molar-refractivity contribution is 7.90. The highest BCUT2D eigenvalue weighted by Gasteiger charge is 2.24. The Kier molecular flexibility index (Phi) is 6.46. The van der Waals surface area contributed by atoms with E-state index in [1.54, 1.807) is 30.3 Å². The van der Waals surface area contributed by atoms with Gasteiger partial charge in [-0.25, -0.2) is 31.7 Å². The van der Waals surface area contributed by atoms with Gasteiger partial charge in [0.05, 0.1) is 16.1 Å². The van der Waals surface area contributed by atoms with E-state index >= 15 is 0 Å². The van der Waals surface area contributed by atoms with E-state index in [1.807, 2.05) is 6.92 Å². The molecule has 0 spiro atoms. The van der Waals surface area contributed by atoms with Crippen LogP contribution in [0.3, 0.4) is 0 Å². The smallest absolute Gasteiger partial charge is 0.269 e. The highest BCUT2D eigenvalue weighted by atomic mass is 35.5. The summed E-state index contributed by atoms with van der Waals surface area (Å²) in [5.41, 5.74) is 1.53. The zero-order chi connectivity index (χ0) is 24.6. The monoisotopic (exact) mass is 513 g/mol. The van der Waals surface area contributed by atoms with Crippen LogP contribution in [0.5, 0.6) is 0 Å². The zero-order valence-corrected chi connectivity index (χ0v) is 20.8. The molecular weight excluding hydrogens is 489 g/mol. The summed E-state index contributed by atoms with van der Waals surface area (Å²) < 4.78 is 42.6. The summed E-state index contributed by atoms with van der Waals surface area (Å²) in [6.07, 6.45) is 9.75. The first-order valence-electron chi connectivity index (χ1n) is 11.6. The number of nitrogens with one attached hydrogen (secondary N) is 1. The second-order valence-corrected chi connectivity index (χ2v) is 11.2. The minimum Gasteiger partial charge on any atom is -0.367 e. The molecule has 5 rings (SSSR count). The number of hydrogen-bond donors (Lipinski definition) is 1. The summed E-state index contributed by atoms with van der Waals surface area (Å²) in [5.74, 6) is 0.199. The number of pyridine rings is 1. The van der Waals surface area contributed by atoms with Gasteiger partial charge in [0.2, 0.25) is 0 Å². The molecule has 1 N–H and O–H groups in total. The molecule has 1 aliphatic carbocycles. The van der Waals surface area contributed by atoms with Gasteiger partial charge in [-0.05, 0) is 43.9 Å². The van der Waals surface area contributed by atoms with Crippen LogP contribution in [0.25, 0.3) is 22.4 Å². The fourth-order valence-electron chi connectivity index (χ4n) is 4.49. The first-order valence-corrected chi connectivity index (χ1v) is 13.4. The molecule has 35 heavy (non-hydrogen) atoms. The fourth-order valence-corrected chi connectivity index (χ4v) is 5.97. The van der Waals surface area contributed by atoms with Crippen molar-refractivity contribution in [2.75, 3.05) is 11.9 Å². The molecule has 0 saturated heterocycles. The van der Waals surface area contributed by atoms with Crippen molar-refractivity contribution < 1.29 is 12.8 Å². The van der Waals surface area contributed by atoms with Gasteiger partial charge in [0.15, 0.2) is 23.1 Å². The molecule has 0 aliphatic heterocycles. The molecule has 0 atom stereocenters. The lowest BCUT2D eigenvalue weighted by Crippen LogP contribution is -2.18. The number of rotatable bonds is 6. The Hall–Kier alpha value is -3.04. The zero-order valence-electron chi connectivity index (χ0n) is 19.2. The molecule has 10 heteroatoms. The SMILES string of the molecule is Cc1ccc(S(=O)(=O)n2cc(-c3ncc(F)c(NCC4CCCCC4)n3)c3cc(Cl)cnc32)cc1. The molecule has 0 amide bonds. The van der Waals surface area contributed by atoms with Gasteiger partial charge in [-0.3, -0.25) is 0 Å². The maximum atomic E-state index is 14.5. The van der Waals surface area contributed by atoms with Crippen molar-refractivity contribution in [3.63, 3.8) is 0 Å². The van der Waals surface area contributed by atoms with Crippen molar-refractivity contribution in [1.82, 2.24) is 18.9 Å². The standard InChI is InChI=1S/C25H25ClFN5O2S/c1-16-7-9-19(10-8-16)35(33,34)32-15-21(20-11-18(26)13-30-25(20)32)23-29-14-22(27)24(31-23)28-12-17-5-3-2-4-6-17/h7-11,13-15,17H,2-6,12H2,1H3,(H,28,29,31). The Labute approximate surface area is 208 Å². The Bertz CT molecular complexity index is 1480. The maximum absolute atomic E-state index is 14.5. The Morgan fingerprint density at radius 1 is 1.11 bits per heavy atom. The normalized spacial score (nSPS) is 14.9. The lowest BCUT2D eigenvalue weighted by Gasteiger charge is -2.22. The molecular formula is C25H25ClFN5O2S. The molecule has 0 radical (unpaired) electrons. The van der Waals surface area contributed by atoms with Crippen LogP contribution in [0.2, 0.25) is 5.02 Å². The van der Waals surface area contributed by atoms with Crippen molar-refractivity contribution in [2.24, 2.45) is 5.92 Å². The molecule has 7 nitrogen and oxygen atoms in total. The van der Waals surface area contributed by atoms with Gasteiger partial charge in [0, 0.05) is 29.9 Å². The number of halogens is 2. The van der Waals surface area contributed by atoms with Crippen molar-refractivity contribution >= 4 is 38.5 Å². The summed E-state index contributed by atoms with van der Waals surface area (Å²) in [6.45, 7) is 2.51. The fraction of sp³-hybridized carbons (Fsp3) is 0.320. The molecule has 182 valence electrons. The van der Waals surface area contributed by atoms with E-state index in [0.717, 1.165) is 28.6 Å². The summed E-state index contributed by atoms with van der Waals surface area (Å²) in [6, 6.07) is 8.18. The quantitative estimate of drug-likeness (QED) is 0.349. The van der Waals surface area contributed by atoms with Crippen LogP contribution in [0.4, 0.5) is 10.2 Å². The van der Waals surface area contributed by atoms with Gasteiger partial charge in [0.1, 0.15) is 0 Å². The van der Waals surface area contributed by atoms with E-state index in [9.17, 15) is 12.8 Å². The predicted octanol–water partition coefficient (Wildman–Crippen LogP) is 5.82. The predicted molar refractivity (Wildman–Crippen MR) is 135 cm³/mol. The van der Waals surface area contributed by atoms with Gasteiger partial charge in [0.25, 0.3) is 10.0 Å². The van der Waals surface area contributed by atoms with Crippen LogP contribution < -0.4 is 5.32 Å². The third kappa shape index (κ3) is 4.75.